The van der Waals surface area contributed by atoms with Crippen LogP contribution in [0.4, 0.5) is 5.82 Å². The number of hydrogen-bond donors (Lipinski definition) is 0. The number of fused-ring (bicyclic) bond motifs is 1. The fourth-order valence-electron chi connectivity index (χ4n) is 4.69. The minimum Gasteiger partial charge on any atom is -0.344 e. The van der Waals surface area contributed by atoms with Gasteiger partial charge in [0, 0.05) is 31.1 Å². The van der Waals surface area contributed by atoms with Gasteiger partial charge in [0.05, 0.1) is 5.52 Å². The monoisotopic (exact) mass is 367 g/mol. The Labute approximate surface area is 161 Å². The predicted molar refractivity (Wildman–Crippen MR) is 108 cm³/mol. The van der Waals surface area contributed by atoms with Gasteiger partial charge in [-0.05, 0) is 44.5 Å². The molecule has 2 aromatic rings. The largest absolute Gasteiger partial charge is 0.344 e. The van der Waals surface area contributed by atoms with Crippen molar-refractivity contribution in [1.29, 1.82) is 0 Å². The smallest absolute Gasteiger partial charge is 0.245 e. The number of amides is 1. The third kappa shape index (κ3) is 3.38. The van der Waals surface area contributed by atoms with Crippen LogP contribution in [0.25, 0.3) is 10.9 Å². The van der Waals surface area contributed by atoms with E-state index in [9.17, 15) is 4.79 Å². The number of carbonyl (C=O) groups is 1. The molecular formula is C21H29N5O. The molecule has 0 bridgehead atoms. The van der Waals surface area contributed by atoms with E-state index in [1.807, 2.05) is 18.2 Å². The Morgan fingerprint density at radius 3 is 2.78 bits per heavy atom. The minimum absolute atomic E-state index is 0.0984. The molecule has 4 rings (SSSR count). The van der Waals surface area contributed by atoms with Gasteiger partial charge in [0.25, 0.3) is 0 Å². The second kappa shape index (κ2) is 7.80. The van der Waals surface area contributed by atoms with Gasteiger partial charge in [-0.3, -0.25) is 9.69 Å². The van der Waals surface area contributed by atoms with Crippen molar-refractivity contribution in [3.8, 4) is 0 Å². The molecule has 27 heavy (non-hydrogen) atoms. The molecule has 6 heteroatoms. The third-order valence-corrected chi connectivity index (χ3v) is 6.14. The Bertz CT molecular complexity index is 801. The number of rotatable bonds is 5. The molecule has 0 spiro atoms. The fourth-order valence-corrected chi connectivity index (χ4v) is 4.69. The highest BCUT2D eigenvalue weighted by molar-refractivity contribution is 5.93. The van der Waals surface area contributed by atoms with Gasteiger partial charge in [0.15, 0.2) is 0 Å². The maximum Gasteiger partial charge on any atom is 0.245 e. The highest BCUT2D eigenvalue weighted by atomic mass is 16.2. The first-order valence-electron chi connectivity index (χ1n) is 10.2. The summed E-state index contributed by atoms with van der Waals surface area (Å²) in [4.78, 5) is 29.0. The summed E-state index contributed by atoms with van der Waals surface area (Å²) in [5.41, 5.74) is 0.934. The first-order valence-corrected chi connectivity index (χ1v) is 10.2. The maximum atomic E-state index is 13.3. The van der Waals surface area contributed by atoms with Crippen molar-refractivity contribution in [2.75, 3.05) is 37.6 Å². The van der Waals surface area contributed by atoms with Crippen LogP contribution in [-0.2, 0) is 4.79 Å². The Morgan fingerprint density at radius 2 is 1.96 bits per heavy atom. The SMILES string of the molecule is CCN(CC)C1CCN(C(=O)C2CCCN2c2ncnc3ccccc23)C1. The van der Waals surface area contributed by atoms with Crippen molar-refractivity contribution < 1.29 is 4.79 Å². The van der Waals surface area contributed by atoms with Gasteiger partial charge in [-0.1, -0.05) is 26.0 Å². The van der Waals surface area contributed by atoms with Crippen molar-refractivity contribution in [2.45, 2.75) is 45.2 Å². The van der Waals surface area contributed by atoms with Crippen molar-refractivity contribution in [1.82, 2.24) is 19.8 Å². The summed E-state index contributed by atoms with van der Waals surface area (Å²) in [6.07, 6.45) is 4.63. The molecule has 2 fully saturated rings. The predicted octanol–water partition coefficient (Wildman–Crippen LogP) is 2.54. The van der Waals surface area contributed by atoms with Gasteiger partial charge < -0.3 is 9.80 Å². The van der Waals surface area contributed by atoms with E-state index >= 15 is 0 Å². The number of likely N-dealkylation sites (N-methyl/N-ethyl adjacent to an activating group) is 1. The first-order chi connectivity index (χ1) is 13.2. The van der Waals surface area contributed by atoms with Crippen LogP contribution in [0.3, 0.4) is 0 Å². The second-order valence-corrected chi connectivity index (χ2v) is 7.51. The molecule has 144 valence electrons. The van der Waals surface area contributed by atoms with Crippen LogP contribution < -0.4 is 4.90 Å². The number of benzene rings is 1. The maximum absolute atomic E-state index is 13.3. The number of aromatic nitrogens is 2. The summed E-state index contributed by atoms with van der Waals surface area (Å²) in [6.45, 7) is 9.10. The molecule has 1 amide bonds. The molecule has 1 aromatic carbocycles. The molecule has 2 aliphatic rings. The van der Waals surface area contributed by atoms with Crippen molar-refractivity contribution >= 4 is 22.6 Å². The number of nitrogens with zero attached hydrogens (tertiary/aromatic N) is 5. The van der Waals surface area contributed by atoms with Gasteiger partial charge in [-0.25, -0.2) is 9.97 Å². The number of carbonyl (C=O) groups excluding carboxylic acids is 1. The van der Waals surface area contributed by atoms with Crippen LogP contribution in [0.1, 0.15) is 33.1 Å². The lowest BCUT2D eigenvalue weighted by Crippen LogP contribution is -2.46. The van der Waals surface area contributed by atoms with Crippen LogP contribution >= 0.6 is 0 Å². The van der Waals surface area contributed by atoms with Crippen molar-refractivity contribution in [2.24, 2.45) is 0 Å². The van der Waals surface area contributed by atoms with Crippen LogP contribution in [0, 0.1) is 0 Å². The van der Waals surface area contributed by atoms with E-state index in [4.69, 9.17) is 0 Å². The van der Waals surface area contributed by atoms with Gasteiger partial charge in [-0.2, -0.15) is 0 Å². The molecule has 1 aromatic heterocycles. The molecule has 0 aliphatic carbocycles. The van der Waals surface area contributed by atoms with E-state index < -0.39 is 0 Å². The normalized spacial score (nSPS) is 22.9. The Kier molecular flexibility index (Phi) is 5.25. The lowest BCUT2D eigenvalue weighted by atomic mass is 10.1. The summed E-state index contributed by atoms with van der Waals surface area (Å²) in [6, 6.07) is 8.46. The first kappa shape index (κ1) is 18.2. The van der Waals surface area contributed by atoms with Crippen LogP contribution in [0.15, 0.2) is 30.6 Å². The summed E-state index contributed by atoms with van der Waals surface area (Å²) < 4.78 is 0. The molecule has 3 heterocycles. The van der Waals surface area contributed by atoms with E-state index in [1.54, 1.807) is 6.33 Å². The van der Waals surface area contributed by atoms with Crippen LogP contribution in [0.2, 0.25) is 0 Å². The molecule has 0 saturated carbocycles. The molecule has 0 N–H and O–H groups in total. The van der Waals surface area contributed by atoms with Gasteiger partial charge in [-0.15, -0.1) is 0 Å². The van der Waals surface area contributed by atoms with E-state index in [2.05, 4.69) is 44.6 Å². The average molecular weight is 367 g/mol. The summed E-state index contributed by atoms with van der Waals surface area (Å²) in [5.74, 6) is 1.17. The second-order valence-electron chi connectivity index (χ2n) is 7.51. The van der Waals surface area contributed by atoms with Crippen LogP contribution in [-0.4, -0.2) is 70.5 Å². The zero-order valence-electron chi connectivity index (χ0n) is 16.3. The molecule has 2 aliphatic heterocycles. The number of hydrogen-bond acceptors (Lipinski definition) is 5. The van der Waals surface area contributed by atoms with E-state index in [-0.39, 0.29) is 11.9 Å². The Morgan fingerprint density at radius 1 is 1.15 bits per heavy atom. The van der Waals surface area contributed by atoms with Crippen molar-refractivity contribution in [3.05, 3.63) is 30.6 Å². The Hall–Kier alpha value is -2.21. The molecule has 6 nitrogen and oxygen atoms in total. The topological polar surface area (TPSA) is 52.6 Å². The number of likely N-dealkylation sites (tertiary alicyclic amines) is 1. The average Bonchev–Trinajstić information content (AvgIpc) is 3.38. The highest BCUT2D eigenvalue weighted by Gasteiger charge is 2.38. The zero-order valence-corrected chi connectivity index (χ0v) is 16.3. The number of para-hydroxylation sites is 1. The van der Waals surface area contributed by atoms with E-state index in [0.717, 1.165) is 68.7 Å². The van der Waals surface area contributed by atoms with Crippen LogP contribution in [0.5, 0.6) is 0 Å². The molecule has 2 unspecified atom stereocenters. The lowest BCUT2D eigenvalue weighted by molar-refractivity contribution is -0.131. The summed E-state index contributed by atoms with van der Waals surface area (Å²) >= 11 is 0. The minimum atomic E-state index is -0.0984. The fraction of sp³-hybridized carbons (Fsp3) is 0.571. The highest BCUT2D eigenvalue weighted by Crippen LogP contribution is 2.31. The van der Waals surface area contributed by atoms with Gasteiger partial charge in [0.1, 0.15) is 18.2 Å². The summed E-state index contributed by atoms with van der Waals surface area (Å²) in [5, 5.41) is 1.03. The van der Waals surface area contributed by atoms with E-state index in [1.165, 1.54) is 0 Å². The lowest BCUT2D eigenvalue weighted by Gasteiger charge is -2.30. The molecule has 2 saturated heterocycles. The number of anilines is 1. The van der Waals surface area contributed by atoms with E-state index in [0.29, 0.717) is 6.04 Å². The summed E-state index contributed by atoms with van der Waals surface area (Å²) in [7, 11) is 0. The quantitative estimate of drug-likeness (QED) is 0.813. The van der Waals surface area contributed by atoms with Crippen molar-refractivity contribution in [3.63, 3.8) is 0 Å². The van der Waals surface area contributed by atoms with Gasteiger partial charge >= 0.3 is 0 Å². The standard InChI is InChI=1S/C21H29N5O/c1-3-24(4-2)16-11-13-25(14-16)21(27)19-10-7-12-26(19)20-17-8-5-6-9-18(17)22-15-23-20/h5-6,8-9,15-16,19H,3-4,7,10-14H2,1-2H3. The molecule has 2 atom stereocenters. The third-order valence-electron chi connectivity index (χ3n) is 6.14. The van der Waals surface area contributed by atoms with Gasteiger partial charge in [0.2, 0.25) is 5.91 Å². The zero-order chi connectivity index (χ0) is 18.8. The Balaban J connectivity index is 1.54. The molecular weight excluding hydrogens is 338 g/mol. The molecule has 0 radical (unpaired) electrons.